The van der Waals surface area contributed by atoms with Gasteiger partial charge in [0.1, 0.15) is 17.9 Å². The van der Waals surface area contributed by atoms with E-state index in [2.05, 4.69) is 5.32 Å². The van der Waals surface area contributed by atoms with Crippen molar-refractivity contribution in [1.82, 2.24) is 5.32 Å². The number of benzene rings is 3. The number of amides is 4. The molecule has 0 aliphatic carbocycles. The molecule has 3 aromatic carbocycles. The lowest BCUT2D eigenvalue weighted by Crippen LogP contribution is -2.54. The molecule has 38 heavy (non-hydrogen) atoms. The highest BCUT2D eigenvalue weighted by Gasteiger charge is 2.36. The number of hydrogen-bond donors (Lipinski definition) is 1. The average Bonchev–Trinajstić information content (AvgIpc) is 2.91. The van der Waals surface area contributed by atoms with E-state index in [4.69, 9.17) is 14.2 Å². The van der Waals surface area contributed by atoms with Crippen molar-refractivity contribution in [1.29, 1.82) is 0 Å². The molecule has 1 heterocycles. The zero-order chi connectivity index (χ0) is 27.2. The SMILES string of the molecule is CCOc1ccc(N2C(=O)NC(=O)/C(=C\c3ccc(OCc4cccc([N+](=O)[O-])c4)c(OC)c3)C2=O)cc1. The second-order valence-electron chi connectivity index (χ2n) is 8.01. The molecule has 0 unspecified atom stereocenters. The van der Waals surface area contributed by atoms with Crippen LogP contribution in [0.25, 0.3) is 6.08 Å². The van der Waals surface area contributed by atoms with Gasteiger partial charge in [0, 0.05) is 12.1 Å². The summed E-state index contributed by atoms with van der Waals surface area (Å²) < 4.78 is 16.6. The third-order valence-electron chi connectivity index (χ3n) is 5.52. The van der Waals surface area contributed by atoms with Gasteiger partial charge < -0.3 is 14.2 Å². The van der Waals surface area contributed by atoms with Gasteiger partial charge in [-0.05, 0) is 60.5 Å². The first kappa shape index (κ1) is 25.9. The molecule has 0 aromatic heterocycles. The fraction of sp³-hybridized carbons (Fsp3) is 0.148. The van der Waals surface area contributed by atoms with E-state index < -0.39 is 22.8 Å². The highest BCUT2D eigenvalue weighted by atomic mass is 16.6. The molecule has 1 aliphatic heterocycles. The van der Waals surface area contributed by atoms with E-state index >= 15 is 0 Å². The molecule has 1 saturated heterocycles. The van der Waals surface area contributed by atoms with Crippen molar-refractivity contribution in [3.63, 3.8) is 0 Å². The molecule has 11 heteroatoms. The molecule has 1 aliphatic rings. The van der Waals surface area contributed by atoms with Gasteiger partial charge in [0.15, 0.2) is 11.5 Å². The van der Waals surface area contributed by atoms with Gasteiger partial charge in [0.2, 0.25) is 0 Å². The van der Waals surface area contributed by atoms with Crippen LogP contribution in [0, 0.1) is 10.1 Å². The van der Waals surface area contributed by atoms with Crippen molar-refractivity contribution in [2.24, 2.45) is 0 Å². The molecular formula is C27H23N3O8. The Kier molecular flexibility index (Phi) is 7.66. The van der Waals surface area contributed by atoms with Gasteiger partial charge in [-0.2, -0.15) is 0 Å². The molecule has 1 N–H and O–H groups in total. The molecule has 0 saturated carbocycles. The van der Waals surface area contributed by atoms with Gasteiger partial charge >= 0.3 is 6.03 Å². The molecule has 1 fully saturated rings. The first-order valence-electron chi connectivity index (χ1n) is 11.5. The summed E-state index contributed by atoms with van der Waals surface area (Å²) in [5.74, 6) is -0.368. The Morgan fingerprint density at radius 3 is 2.42 bits per heavy atom. The van der Waals surface area contributed by atoms with Crippen LogP contribution >= 0.6 is 0 Å². The molecule has 4 amide bonds. The Labute approximate surface area is 217 Å². The number of ether oxygens (including phenoxy) is 3. The quantitative estimate of drug-likeness (QED) is 0.192. The van der Waals surface area contributed by atoms with E-state index in [0.717, 1.165) is 4.90 Å². The number of imide groups is 2. The monoisotopic (exact) mass is 517 g/mol. The van der Waals surface area contributed by atoms with E-state index in [-0.39, 0.29) is 23.6 Å². The van der Waals surface area contributed by atoms with Crippen LogP contribution in [0.15, 0.2) is 72.3 Å². The first-order valence-corrected chi connectivity index (χ1v) is 11.5. The van der Waals surface area contributed by atoms with Crippen molar-refractivity contribution in [3.8, 4) is 17.2 Å². The van der Waals surface area contributed by atoms with Crippen LogP contribution in [0.5, 0.6) is 17.2 Å². The molecule has 0 atom stereocenters. The van der Waals surface area contributed by atoms with Gasteiger partial charge in [0.05, 0.1) is 24.3 Å². The van der Waals surface area contributed by atoms with E-state index in [1.807, 2.05) is 6.92 Å². The zero-order valence-corrected chi connectivity index (χ0v) is 20.5. The number of barbiturate groups is 1. The Bertz CT molecular complexity index is 1430. The molecule has 4 rings (SSSR count). The predicted molar refractivity (Wildman–Crippen MR) is 137 cm³/mol. The molecule has 0 spiro atoms. The highest BCUT2D eigenvalue weighted by molar-refractivity contribution is 6.39. The highest BCUT2D eigenvalue weighted by Crippen LogP contribution is 2.31. The van der Waals surface area contributed by atoms with Crippen LogP contribution in [0.1, 0.15) is 18.1 Å². The number of nitrogens with one attached hydrogen (secondary N) is 1. The normalized spacial score (nSPS) is 14.3. The zero-order valence-electron chi connectivity index (χ0n) is 20.5. The number of non-ortho nitro benzene ring substituents is 1. The van der Waals surface area contributed by atoms with Crippen molar-refractivity contribution in [3.05, 3.63) is 93.5 Å². The smallest absolute Gasteiger partial charge is 0.335 e. The van der Waals surface area contributed by atoms with E-state index in [1.54, 1.807) is 54.6 Å². The Morgan fingerprint density at radius 2 is 1.74 bits per heavy atom. The second kappa shape index (κ2) is 11.2. The van der Waals surface area contributed by atoms with Crippen LogP contribution in [-0.4, -0.2) is 36.5 Å². The molecule has 194 valence electrons. The number of urea groups is 1. The van der Waals surface area contributed by atoms with Gasteiger partial charge in [-0.25, -0.2) is 9.69 Å². The fourth-order valence-corrected chi connectivity index (χ4v) is 3.73. The molecule has 11 nitrogen and oxygen atoms in total. The third kappa shape index (κ3) is 5.62. The van der Waals surface area contributed by atoms with Crippen molar-refractivity contribution in [2.75, 3.05) is 18.6 Å². The molecule has 0 radical (unpaired) electrons. The van der Waals surface area contributed by atoms with Crippen LogP contribution in [0.4, 0.5) is 16.2 Å². The number of rotatable bonds is 9. The minimum Gasteiger partial charge on any atom is -0.494 e. The number of nitrogens with zero attached hydrogens (tertiary/aromatic N) is 2. The summed E-state index contributed by atoms with van der Waals surface area (Å²) in [4.78, 5) is 49.5. The maximum atomic E-state index is 13.2. The van der Waals surface area contributed by atoms with Crippen LogP contribution in [-0.2, 0) is 16.2 Å². The fourth-order valence-electron chi connectivity index (χ4n) is 3.73. The summed E-state index contributed by atoms with van der Waals surface area (Å²) in [6, 6.07) is 16.3. The maximum absolute atomic E-state index is 13.2. The number of hydrogen-bond acceptors (Lipinski definition) is 8. The number of nitro groups is 1. The topological polar surface area (TPSA) is 137 Å². The van der Waals surface area contributed by atoms with Gasteiger partial charge in [-0.3, -0.25) is 25.0 Å². The lowest BCUT2D eigenvalue weighted by atomic mass is 10.1. The summed E-state index contributed by atoms with van der Waals surface area (Å²) in [6.07, 6.45) is 1.35. The summed E-state index contributed by atoms with van der Waals surface area (Å²) in [5, 5.41) is 13.2. The summed E-state index contributed by atoms with van der Waals surface area (Å²) in [6.45, 7) is 2.35. The number of carbonyl (C=O) groups is 3. The predicted octanol–water partition coefficient (Wildman–Crippen LogP) is 4.25. The van der Waals surface area contributed by atoms with Crippen molar-refractivity contribution in [2.45, 2.75) is 13.5 Å². The lowest BCUT2D eigenvalue weighted by molar-refractivity contribution is -0.384. The largest absolute Gasteiger partial charge is 0.494 e. The van der Waals surface area contributed by atoms with E-state index in [0.29, 0.717) is 35.0 Å². The average molecular weight is 517 g/mol. The second-order valence-corrected chi connectivity index (χ2v) is 8.01. The standard InChI is InChI=1S/C27H23N3O8/c1-3-37-21-10-8-19(9-11-21)29-26(32)22(25(31)28-27(29)33)14-17-7-12-23(24(15-17)36-2)38-16-18-5-4-6-20(13-18)30(34)35/h4-15H,3,16H2,1-2H3,(H,28,31,33)/b22-14+. The summed E-state index contributed by atoms with van der Waals surface area (Å²) >= 11 is 0. The number of methoxy groups -OCH3 is 1. The summed E-state index contributed by atoms with van der Waals surface area (Å²) in [7, 11) is 1.43. The number of nitro benzene ring substituents is 1. The minimum atomic E-state index is -0.858. The van der Waals surface area contributed by atoms with E-state index in [1.165, 1.54) is 25.3 Å². The van der Waals surface area contributed by atoms with Gasteiger partial charge in [-0.15, -0.1) is 0 Å². The number of carbonyl (C=O) groups excluding carboxylic acids is 3. The lowest BCUT2D eigenvalue weighted by Gasteiger charge is -2.26. The van der Waals surface area contributed by atoms with E-state index in [9.17, 15) is 24.5 Å². The third-order valence-corrected chi connectivity index (χ3v) is 5.52. The van der Waals surface area contributed by atoms with Crippen molar-refractivity contribution < 1.29 is 33.5 Å². The molecular weight excluding hydrogens is 494 g/mol. The van der Waals surface area contributed by atoms with Crippen LogP contribution in [0.2, 0.25) is 0 Å². The number of anilines is 1. The van der Waals surface area contributed by atoms with Gasteiger partial charge in [0.25, 0.3) is 17.5 Å². The first-order chi connectivity index (χ1) is 18.3. The Morgan fingerprint density at radius 1 is 0.974 bits per heavy atom. The van der Waals surface area contributed by atoms with Crippen LogP contribution in [0.3, 0.4) is 0 Å². The Hall–Kier alpha value is -5.19. The van der Waals surface area contributed by atoms with Crippen molar-refractivity contribution >= 4 is 35.3 Å². The molecule has 0 bridgehead atoms. The molecule has 3 aromatic rings. The minimum absolute atomic E-state index is 0.0479. The maximum Gasteiger partial charge on any atom is 0.335 e. The van der Waals surface area contributed by atoms with Gasteiger partial charge in [-0.1, -0.05) is 18.2 Å². The summed E-state index contributed by atoms with van der Waals surface area (Å²) in [5.41, 5.74) is 1.02. The van der Waals surface area contributed by atoms with Crippen LogP contribution < -0.4 is 24.4 Å². The Balaban J connectivity index is 1.56.